The predicted molar refractivity (Wildman–Crippen MR) is 87.2 cm³/mol. The van der Waals surface area contributed by atoms with Crippen molar-refractivity contribution in [1.82, 2.24) is 5.32 Å². The fraction of sp³-hybridized carbons (Fsp3) is 0.647. The second-order valence-electron chi connectivity index (χ2n) is 5.68. The van der Waals surface area contributed by atoms with Crippen molar-refractivity contribution in [2.75, 3.05) is 31.1 Å². The lowest BCUT2D eigenvalue weighted by Gasteiger charge is -2.37. The van der Waals surface area contributed by atoms with Crippen LogP contribution >= 0.6 is 0 Å². The number of rotatable bonds is 6. The summed E-state index contributed by atoms with van der Waals surface area (Å²) in [7, 11) is 0. The maximum absolute atomic E-state index is 5.87. The molecule has 4 heteroatoms. The smallest absolute Gasteiger partial charge is 0.142 e. The Morgan fingerprint density at radius 2 is 1.95 bits per heavy atom. The standard InChI is InChI=1S/C17H28N2O2/c1-5-18-10-15-7-8-16(17(9-15)20-6-2)19-11-13(3)21-14(4)12-19/h7-9,13-14,18H,5-6,10-12H2,1-4H3. The van der Waals surface area contributed by atoms with E-state index in [0.29, 0.717) is 6.61 Å². The van der Waals surface area contributed by atoms with Crippen LogP contribution in [0, 0.1) is 0 Å². The third kappa shape index (κ3) is 4.35. The third-order valence-electron chi connectivity index (χ3n) is 3.66. The van der Waals surface area contributed by atoms with Crippen molar-refractivity contribution >= 4 is 5.69 Å². The van der Waals surface area contributed by atoms with Crippen LogP contribution in [0.2, 0.25) is 0 Å². The van der Waals surface area contributed by atoms with Crippen molar-refractivity contribution in [3.05, 3.63) is 23.8 Å². The molecule has 21 heavy (non-hydrogen) atoms. The van der Waals surface area contributed by atoms with Crippen LogP contribution < -0.4 is 15.0 Å². The van der Waals surface area contributed by atoms with Gasteiger partial charge in [-0.3, -0.25) is 0 Å². The van der Waals surface area contributed by atoms with Gasteiger partial charge in [-0.2, -0.15) is 0 Å². The largest absolute Gasteiger partial charge is 0.492 e. The number of benzene rings is 1. The highest BCUT2D eigenvalue weighted by molar-refractivity contribution is 5.60. The minimum Gasteiger partial charge on any atom is -0.492 e. The molecule has 1 saturated heterocycles. The Balaban J connectivity index is 2.20. The molecule has 1 N–H and O–H groups in total. The zero-order chi connectivity index (χ0) is 15.2. The molecule has 0 spiro atoms. The fourth-order valence-corrected chi connectivity index (χ4v) is 2.84. The summed E-state index contributed by atoms with van der Waals surface area (Å²) < 4.78 is 11.7. The van der Waals surface area contributed by atoms with Crippen molar-refractivity contribution < 1.29 is 9.47 Å². The zero-order valence-corrected chi connectivity index (χ0v) is 13.7. The van der Waals surface area contributed by atoms with Gasteiger partial charge in [-0.1, -0.05) is 13.0 Å². The van der Waals surface area contributed by atoms with Crippen molar-refractivity contribution in [2.45, 2.75) is 46.4 Å². The molecule has 0 saturated carbocycles. The van der Waals surface area contributed by atoms with E-state index in [1.54, 1.807) is 0 Å². The lowest BCUT2D eigenvalue weighted by Crippen LogP contribution is -2.45. The van der Waals surface area contributed by atoms with E-state index in [4.69, 9.17) is 9.47 Å². The van der Waals surface area contributed by atoms with Gasteiger partial charge in [0.2, 0.25) is 0 Å². The van der Waals surface area contributed by atoms with Gasteiger partial charge in [0, 0.05) is 19.6 Å². The Morgan fingerprint density at radius 3 is 2.57 bits per heavy atom. The van der Waals surface area contributed by atoms with Crippen LogP contribution in [0.5, 0.6) is 5.75 Å². The van der Waals surface area contributed by atoms with E-state index in [1.165, 1.54) is 11.3 Å². The van der Waals surface area contributed by atoms with Crippen LogP contribution in [0.3, 0.4) is 0 Å². The second-order valence-corrected chi connectivity index (χ2v) is 5.68. The van der Waals surface area contributed by atoms with Crippen LogP contribution in [-0.4, -0.2) is 38.4 Å². The Morgan fingerprint density at radius 1 is 1.24 bits per heavy atom. The summed E-state index contributed by atoms with van der Waals surface area (Å²) in [5, 5.41) is 3.36. The summed E-state index contributed by atoms with van der Waals surface area (Å²) in [5.41, 5.74) is 2.44. The van der Waals surface area contributed by atoms with Crippen LogP contribution in [0.4, 0.5) is 5.69 Å². The van der Waals surface area contributed by atoms with Crippen LogP contribution in [0.25, 0.3) is 0 Å². The molecule has 0 aliphatic carbocycles. The first-order valence-corrected chi connectivity index (χ1v) is 8.00. The molecule has 1 aliphatic heterocycles. The lowest BCUT2D eigenvalue weighted by atomic mass is 10.1. The minimum absolute atomic E-state index is 0.254. The Labute approximate surface area is 128 Å². The van der Waals surface area contributed by atoms with Crippen LogP contribution in [0.15, 0.2) is 18.2 Å². The summed E-state index contributed by atoms with van der Waals surface area (Å²) in [6.07, 6.45) is 0.509. The predicted octanol–water partition coefficient (Wildman–Crippen LogP) is 2.81. The summed E-state index contributed by atoms with van der Waals surface area (Å²) in [6, 6.07) is 6.53. The highest BCUT2D eigenvalue weighted by Crippen LogP contribution is 2.31. The third-order valence-corrected chi connectivity index (χ3v) is 3.66. The Bertz CT molecular complexity index is 440. The van der Waals surface area contributed by atoms with Gasteiger partial charge in [0.25, 0.3) is 0 Å². The first-order valence-electron chi connectivity index (χ1n) is 8.00. The first kappa shape index (κ1) is 16.1. The maximum atomic E-state index is 5.87. The summed E-state index contributed by atoms with van der Waals surface area (Å²) >= 11 is 0. The average molecular weight is 292 g/mol. The quantitative estimate of drug-likeness (QED) is 0.874. The molecule has 4 nitrogen and oxygen atoms in total. The molecule has 0 bridgehead atoms. The summed E-state index contributed by atoms with van der Waals surface area (Å²) in [6.45, 7) is 12.8. The highest BCUT2D eigenvalue weighted by atomic mass is 16.5. The summed E-state index contributed by atoms with van der Waals surface area (Å²) in [4.78, 5) is 2.38. The van der Waals surface area contributed by atoms with Gasteiger partial charge >= 0.3 is 0 Å². The van der Waals surface area contributed by atoms with Crippen molar-refractivity contribution in [2.24, 2.45) is 0 Å². The second kappa shape index (κ2) is 7.66. The van der Waals surface area contributed by atoms with Gasteiger partial charge in [0.05, 0.1) is 24.5 Å². The molecule has 0 radical (unpaired) electrons. The summed E-state index contributed by atoms with van der Waals surface area (Å²) in [5.74, 6) is 0.981. The highest BCUT2D eigenvalue weighted by Gasteiger charge is 2.24. The van der Waals surface area contributed by atoms with Crippen LogP contribution in [0.1, 0.15) is 33.3 Å². The van der Waals surface area contributed by atoms with E-state index in [1.807, 2.05) is 6.92 Å². The van der Waals surface area contributed by atoms with E-state index >= 15 is 0 Å². The van der Waals surface area contributed by atoms with Gasteiger partial charge in [0.15, 0.2) is 0 Å². The van der Waals surface area contributed by atoms with E-state index in [9.17, 15) is 0 Å². The van der Waals surface area contributed by atoms with E-state index in [0.717, 1.165) is 31.9 Å². The molecule has 2 rings (SSSR count). The maximum Gasteiger partial charge on any atom is 0.142 e. The monoisotopic (exact) mass is 292 g/mol. The SMILES string of the molecule is CCNCc1ccc(N2CC(C)OC(C)C2)c(OCC)c1. The van der Waals surface area contributed by atoms with Gasteiger partial charge < -0.3 is 19.7 Å². The molecule has 1 aromatic carbocycles. The van der Waals surface area contributed by atoms with Crippen molar-refractivity contribution in [3.63, 3.8) is 0 Å². The normalized spacial score (nSPS) is 22.4. The lowest BCUT2D eigenvalue weighted by molar-refractivity contribution is -0.00534. The number of anilines is 1. The number of hydrogen-bond acceptors (Lipinski definition) is 4. The molecule has 1 heterocycles. The number of nitrogens with one attached hydrogen (secondary N) is 1. The minimum atomic E-state index is 0.254. The molecular weight excluding hydrogens is 264 g/mol. The Hall–Kier alpha value is -1.26. The molecule has 2 atom stereocenters. The number of nitrogens with zero attached hydrogens (tertiary/aromatic N) is 1. The Kier molecular flexibility index (Phi) is 5.88. The number of ether oxygens (including phenoxy) is 2. The molecule has 0 aromatic heterocycles. The van der Waals surface area contributed by atoms with Gasteiger partial charge in [-0.15, -0.1) is 0 Å². The average Bonchev–Trinajstić information content (AvgIpc) is 2.44. The van der Waals surface area contributed by atoms with Crippen LogP contribution in [-0.2, 0) is 11.3 Å². The molecular formula is C17H28N2O2. The molecule has 1 fully saturated rings. The van der Waals surface area contributed by atoms with Gasteiger partial charge in [-0.05, 0) is 45.0 Å². The molecule has 2 unspecified atom stereocenters. The van der Waals surface area contributed by atoms with E-state index in [-0.39, 0.29) is 12.2 Å². The fourth-order valence-electron chi connectivity index (χ4n) is 2.84. The van der Waals surface area contributed by atoms with Gasteiger partial charge in [-0.25, -0.2) is 0 Å². The molecule has 0 amide bonds. The van der Waals surface area contributed by atoms with Crippen molar-refractivity contribution in [1.29, 1.82) is 0 Å². The van der Waals surface area contributed by atoms with E-state index in [2.05, 4.69) is 49.2 Å². The van der Waals surface area contributed by atoms with Crippen molar-refractivity contribution in [3.8, 4) is 5.75 Å². The number of morpholine rings is 1. The topological polar surface area (TPSA) is 33.7 Å². The zero-order valence-electron chi connectivity index (χ0n) is 13.7. The molecule has 1 aliphatic rings. The van der Waals surface area contributed by atoms with Gasteiger partial charge in [0.1, 0.15) is 5.75 Å². The molecule has 118 valence electrons. The number of hydrogen-bond donors (Lipinski definition) is 1. The molecule has 1 aromatic rings. The van der Waals surface area contributed by atoms with E-state index < -0.39 is 0 Å². The first-order chi connectivity index (χ1) is 10.1.